The topological polar surface area (TPSA) is 111 Å². The van der Waals surface area contributed by atoms with Crippen LogP contribution in [0.3, 0.4) is 0 Å². The number of aromatic amines is 1. The van der Waals surface area contributed by atoms with Crippen molar-refractivity contribution in [3.05, 3.63) is 87.0 Å². The second kappa shape index (κ2) is 6.59. The molecule has 24 heavy (non-hydrogen) atoms. The lowest BCUT2D eigenvalue weighted by Gasteiger charge is -2.07. The Kier molecular flexibility index (Phi) is 4.35. The van der Waals surface area contributed by atoms with Crippen LogP contribution < -0.4 is 5.73 Å². The van der Waals surface area contributed by atoms with Crippen LogP contribution in [0.2, 0.25) is 0 Å². The highest BCUT2D eigenvalue weighted by Crippen LogP contribution is 2.18. The molecule has 1 atom stereocenters. The summed E-state index contributed by atoms with van der Waals surface area (Å²) in [6.07, 6.45) is 0.506. The first-order valence-corrected chi connectivity index (χ1v) is 7.49. The summed E-state index contributed by atoms with van der Waals surface area (Å²) < 4.78 is 0. The number of non-ortho nitro benzene ring substituents is 1. The minimum atomic E-state index is -0.420. The predicted molar refractivity (Wildman–Crippen MR) is 89.5 cm³/mol. The van der Waals surface area contributed by atoms with E-state index in [1.54, 1.807) is 12.1 Å². The van der Waals surface area contributed by atoms with E-state index in [-0.39, 0.29) is 5.69 Å². The molecule has 0 spiro atoms. The van der Waals surface area contributed by atoms with Gasteiger partial charge in [-0.3, -0.25) is 15.2 Å². The first kappa shape index (κ1) is 15.8. The van der Waals surface area contributed by atoms with Crippen molar-refractivity contribution in [3.63, 3.8) is 0 Å². The molecule has 7 nitrogen and oxygen atoms in total. The molecule has 0 aliphatic rings. The predicted octanol–water partition coefficient (Wildman–Crippen LogP) is 2.66. The van der Waals surface area contributed by atoms with E-state index in [1.807, 2.05) is 31.2 Å². The Balaban J connectivity index is 1.73. The summed E-state index contributed by atoms with van der Waals surface area (Å²) in [7, 11) is 0. The Morgan fingerprint density at radius 1 is 1.17 bits per heavy atom. The van der Waals surface area contributed by atoms with Gasteiger partial charge in [0.15, 0.2) is 5.82 Å². The summed E-state index contributed by atoms with van der Waals surface area (Å²) in [5.74, 6) is 1.19. The van der Waals surface area contributed by atoms with E-state index in [0.29, 0.717) is 18.1 Å². The molecule has 0 aliphatic heterocycles. The van der Waals surface area contributed by atoms with Gasteiger partial charge in [0.05, 0.1) is 11.0 Å². The van der Waals surface area contributed by atoms with Gasteiger partial charge in [-0.15, -0.1) is 0 Å². The molecule has 1 aromatic heterocycles. The van der Waals surface area contributed by atoms with Gasteiger partial charge < -0.3 is 5.73 Å². The number of H-pyrrole nitrogens is 1. The lowest BCUT2D eigenvalue weighted by atomic mass is 10.1. The number of benzene rings is 2. The first-order valence-electron chi connectivity index (χ1n) is 7.49. The highest BCUT2D eigenvalue weighted by molar-refractivity contribution is 5.34. The quantitative estimate of drug-likeness (QED) is 0.554. The van der Waals surface area contributed by atoms with E-state index < -0.39 is 11.0 Å². The fourth-order valence-corrected chi connectivity index (χ4v) is 2.38. The molecule has 0 saturated heterocycles. The Morgan fingerprint density at radius 2 is 1.83 bits per heavy atom. The highest BCUT2D eigenvalue weighted by Gasteiger charge is 2.15. The summed E-state index contributed by atoms with van der Waals surface area (Å²) in [5.41, 5.74) is 9.30. The number of nitro benzene ring substituents is 1. The molecule has 2 aromatic carbocycles. The Labute approximate surface area is 138 Å². The average Bonchev–Trinajstić information content (AvgIpc) is 3.04. The maximum Gasteiger partial charge on any atom is 0.269 e. The molecule has 1 heterocycles. The van der Waals surface area contributed by atoms with Crippen molar-refractivity contribution >= 4 is 5.69 Å². The molecular formula is C17H17N5O2. The minimum absolute atomic E-state index is 0.0680. The number of hydrogen-bond acceptors (Lipinski definition) is 5. The van der Waals surface area contributed by atoms with Crippen molar-refractivity contribution in [2.45, 2.75) is 19.4 Å². The lowest BCUT2D eigenvalue weighted by Crippen LogP contribution is -2.13. The van der Waals surface area contributed by atoms with Crippen LogP contribution >= 0.6 is 0 Å². The summed E-state index contributed by atoms with van der Waals surface area (Å²) in [4.78, 5) is 14.7. The van der Waals surface area contributed by atoms with E-state index in [2.05, 4.69) is 15.2 Å². The maximum absolute atomic E-state index is 10.7. The van der Waals surface area contributed by atoms with Crippen LogP contribution in [0.15, 0.2) is 48.5 Å². The zero-order valence-electron chi connectivity index (χ0n) is 13.1. The van der Waals surface area contributed by atoms with Gasteiger partial charge in [-0.2, -0.15) is 5.10 Å². The van der Waals surface area contributed by atoms with Gasteiger partial charge in [0.2, 0.25) is 0 Å². The number of hydrogen-bond donors (Lipinski definition) is 2. The Hall–Kier alpha value is -3.06. The van der Waals surface area contributed by atoms with Crippen LogP contribution in [0, 0.1) is 17.0 Å². The number of nitro groups is 1. The molecule has 0 amide bonds. The number of rotatable bonds is 5. The van der Waals surface area contributed by atoms with E-state index in [4.69, 9.17) is 5.73 Å². The van der Waals surface area contributed by atoms with E-state index >= 15 is 0 Å². The molecule has 0 saturated carbocycles. The second-order valence-electron chi connectivity index (χ2n) is 5.63. The maximum atomic E-state index is 10.7. The van der Waals surface area contributed by atoms with Gasteiger partial charge in [0.25, 0.3) is 5.69 Å². The van der Waals surface area contributed by atoms with Gasteiger partial charge in [0, 0.05) is 18.6 Å². The van der Waals surface area contributed by atoms with Gasteiger partial charge in [-0.1, -0.05) is 42.0 Å². The van der Waals surface area contributed by atoms with Gasteiger partial charge >= 0.3 is 0 Å². The average molecular weight is 323 g/mol. The molecular weight excluding hydrogens is 306 g/mol. The third-order valence-electron chi connectivity index (χ3n) is 3.78. The van der Waals surface area contributed by atoms with Crippen molar-refractivity contribution in [2.24, 2.45) is 5.73 Å². The lowest BCUT2D eigenvalue weighted by molar-refractivity contribution is -0.384. The summed E-state index contributed by atoms with van der Waals surface area (Å²) in [6, 6.07) is 13.9. The number of nitrogens with two attached hydrogens (primary N) is 1. The van der Waals surface area contributed by atoms with Crippen LogP contribution in [0.1, 0.15) is 34.4 Å². The molecule has 0 bridgehead atoms. The smallest absolute Gasteiger partial charge is 0.269 e. The number of nitrogens with one attached hydrogen (secondary N) is 1. The molecule has 122 valence electrons. The minimum Gasteiger partial charge on any atom is -0.318 e. The number of nitrogens with zero attached hydrogens (tertiary/aromatic N) is 3. The Bertz CT molecular complexity index is 840. The van der Waals surface area contributed by atoms with Crippen molar-refractivity contribution in [2.75, 3.05) is 0 Å². The van der Waals surface area contributed by atoms with Crippen molar-refractivity contribution in [3.8, 4) is 0 Å². The van der Waals surface area contributed by atoms with E-state index in [1.165, 1.54) is 17.7 Å². The molecule has 3 rings (SSSR count). The second-order valence-corrected chi connectivity index (χ2v) is 5.63. The number of aryl methyl sites for hydroxylation is 1. The zero-order valence-corrected chi connectivity index (χ0v) is 13.1. The fourth-order valence-electron chi connectivity index (χ4n) is 2.38. The molecule has 0 radical (unpaired) electrons. The third-order valence-corrected chi connectivity index (χ3v) is 3.78. The first-order chi connectivity index (χ1) is 11.5. The zero-order chi connectivity index (χ0) is 17.1. The highest BCUT2D eigenvalue weighted by atomic mass is 16.6. The summed E-state index contributed by atoms with van der Waals surface area (Å²) in [5, 5.41) is 17.7. The largest absolute Gasteiger partial charge is 0.318 e. The number of aromatic nitrogens is 3. The van der Waals surface area contributed by atoms with Gasteiger partial charge in [0.1, 0.15) is 5.82 Å². The fraction of sp³-hybridized carbons (Fsp3) is 0.176. The molecule has 3 aromatic rings. The molecule has 3 N–H and O–H groups in total. The van der Waals surface area contributed by atoms with Crippen molar-refractivity contribution in [1.82, 2.24) is 15.2 Å². The standard InChI is InChI=1S/C17H17N5O2/c1-11-2-6-13(7-3-11)16(18)17-19-15(20-21-17)10-12-4-8-14(9-5-12)22(23)24/h2-9,16H,10,18H2,1H3,(H,19,20,21)/t16-/m0/s1. The van der Waals surface area contributed by atoms with Crippen molar-refractivity contribution in [1.29, 1.82) is 0 Å². The molecule has 7 heteroatoms. The molecule has 0 fully saturated rings. The third kappa shape index (κ3) is 3.47. The van der Waals surface area contributed by atoms with Crippen LogP contribution in [0.25, 0.3) is 0 Å². The van der Waals surface area contributed by atoms with Gasteiger partial charge in [-0.05, 0) is 18.1 Å². The molecule has 0 aliphatic carbocycles. The molecule has 0 unspecified atom stereocenters. The SMILES string of the molecule is Cc1ccc([C@H](N)c2n[nH]c(Cc3ccc([N+](=O)[O-])cc3)n2)cc1. The summed E-state index contributed by atoms with van der Waals surface area (Å²) >= 11 is 0. The Morgan fingerprint density at radius 3 is 2.46 bits per heavy atom. The van der Waals surface area contributed by atoms with Crippen LogP contribution in [-0.4, -0.2) is 20.1 Å². The van der Waals surface area contributed by atoms with Crippen LogP contribution in [0.4, 0.5) is 5.69 Å². The van der Waals surface area contributed by atoms with E-state index in [0.717, 1.165) is 11.1 Å². The van der Waals surface area contributed by atoms with Crippen LogP contribution in [0.5, 0.6) is 0 Å². The van der Waals surface area contributed by atoms with Crippen molar-refractivity contribution < 1.29 is 4.92 Å². The monoisotopic (exact) mass is 323 g/mol. The van der Waals surface area contributed by atoms with Crippen LogP contribution in [-0.2, 0) is 6.42 Å². The normalized spacial score (nSPS) is 12.1. The summed E-state index contributed by atoms with van der Waals surface area (Å²) in [6.45, 7) is 2.02. The van der Waals surface area contributed by atoms with Gasteiger partial charge in [-0.25, -0.2) is 4.98 Å². The van der Waals surface area contributed by atoms with E-state index in [9.17, 15) is 10.1 Å².